The van der Waals surface area contributed by atoms with E-state index < -0.39 is 0 Å². The van der Waals surface area contributed by atoms with Gasteiger partial charge in [-0.3, -0.25) is 0 Å². The van der Waals surface area contributed by atoms with Crippen LogP contribution in [0.5, 0.6) is 0 Å². The van der Waals surface area contributed by atoms with Gasteiger partial charge in [-0.2, -0.15) is 0 Å². The number of halogens is 2. The average Bonchev–Trinajstić information content (AvgIpc) is 2.94. The lowest BCUT2D eigenvalue weighted by atomic mass is 9.84. The van der Waals surface area contributed by atoms with E-state index in [-0.39, 0.29) is 6.10 Å². The highest BCUT2D eigenvalue weighted by atomic mass is 79.9. The summed E-state index contributed by atoms with van der Waals surface area (Å²) in [5.41, 5.74) is 0. The maximum Gasteiger partial charge on any atom is 0.0913 e. The molecule has 0 amide bonds. The molecule has 0 radical (unpaired) electrons. The van der Waals surface area contributed by atoms with Gasteiger partial charge in [0, 0.05) is 9.35 Å². The lowest BCUT2D eigenvalue weighted by Gasteiger charge is -2.25. The topological polar surface area (TPSA) is 20.2 Å². The molecule has 4 heteroatoms. The van der Waals surface area contributed by atoms with Gasteiger partial charge < -0.3 is 5.11 Å². The van der Waals surface area contributed by atoms with Crippen LogP contribution in [0.15, 0.2) is 14.3 Å². The second-order valence-electron chi connectivity index (χ2n) is 5.05. The zero-order valence-corrected chi connectivity index (χ0v) is 12.8. The summed E-state index contributed by atoms with van der Waals surface area (Å²) >= 11 is 8.64. The molecule has 16 heavy (non-hydrogen) atoms. The molecule has 0 aliphatic heterocycles. The van der Waals surface area contributed by atoms with Crippen molar-refractivity contribution in [2.24, 2.45) is 17.8 Å². The monoisotopic (exact) mass is 364 g/mol. The van der Waals surface area contributed by atoms with Crippen LogP contribution in [0.1, 0.15) is 36.7 Å². The smallest absolute Gasteiger partial charge is 0.0913 e. The van der Waals surface area contributed by atoms with Gasteiger partial charge in [0.2, 0.25) is 0 Å². The van der Waals surface area contributed by atoms with Crippen molar-refractivity contribution in [1.82, 2.24) is 0 Å². The summed E-state index contributed by atoms with van der Waals surface area (Å²) < 4.78 is 2.15. The lowest BCUT2D eigenvalue weighted by molar-refractivity contribution is 0.0774. The average molecular weight is 366 g/mol. The molecule has 88 valence electrons. The van der Waals surface area contributed by atoms with Gasteiger partial charge in [-0.25, -0.2) is 0 Å². The van der Waals surface area contributed by atoms with Crippen LogP contribution < -0.4 is 0 Å². The predicted octanol–water partition coefficient (Wildman–Crippen LogP) is 4.74. The standard InChI is InChI=1S/C12H14Br2OS/c13-9-5-10(16-12(9)14)11(15)8-4-6-1-2-7(8)3-6/h5-8,11,15H,1-4H2. The second-order valence-corrected chi connectivity index (χ2v) is 8.31. The maximum atomic E-state index is 10.4. The fourth-order valence-corrected chi connectivity index (χ4v) is 5.55. The number of aliphatic hydroxyl groups is 1. The van der Waals surface area contributed by atoms with Crippen molar-refractivity contribution in [2.75, 3.05) is 0 Å². The summed E-state index contributed by atoms with van der Waals surface area (Å²) in [5.74, 6) is 2.19. The van der Waals surface area contributed by atoms with Crippen LogP contribution in [0.3, 0.4) is 0 Å². The van der Waals surface area contributed by atoms with E-state index in [1.807, 2.05) is 0 Å². The highest BCUT2D eigenvalue weighted by Crippen LogP contribution is 2.53. The van der Waals surface area contributed by atoms with E-state index in [4.69, 9.17) is 0 Å². The Bertz CT molecular complexity index is 384. The van der Waals surface area contributed by atoms with Gasteiger partial charge >= 0.3 is 0 Å². The largest absolute Gasteiger partial charge is 0.387 e. The zero-order chi connectivity index (χ0) is 11.3. The minimum atomic E-state index is -0.247. The van der Waals surface area contributed by atoms with E-state index in [1.165, 1.54) is 25.7 Å². The molecule has 1 nitrogen and oxygen atoms in total. The van der Waals surface area contributed by atoms with Gasteiger partial charge in [-0.1, -0.05) is 6.42 Å². The van der Waals surface area contributed by atoms with E-state index in [9.17, 15) is 5.11 Å². The van der Waals surface area contributed by atoms with Crippen LogP contribution in [0.4, 0.5) is 0 Å². The first-order valence-corrected chi connectivity index (χ1v) is 8.18. The van der Waals surface area contributed by atoms with Crippen molar-refractivity contribution < 1.29 is 5.11 Å². The molecule has 2 saturated carbocycles. The van der Waals surface area contributed by atoms with Crippen molar-refractivity contribution >= 4 is 43.2 Å². The number of aliphatic hydroxyl groups excluding tert-OH is 1. The molecule has 4 unspecified atom stereocenters. The molecule has 1 aromatic heterocycles. The molecule has 3 rings (SSSR count). The lowest BCUT2D eigenvalue weighted by Crippen LogP contribution is -2.18. The maximum absolute atomic E-state index is 10.4. The Hall–Kier alpha value is 0.620. The molecule has 1 aromatic rings. The van der Waals surface area contributed by atoms with Crippen LogP contribution in [-0.2, 0) is 0 Å². The SMILES string of the molecule is OC(c1cc(Br)c(Br)s1)C1CC2CCC1C2. The molecule has 2 aliphatic carbocycles. The Balaban J connectivity index is 1.80. The summed E-state index contributed by atoms with van der Waals surface area (Å²) in [7, 11) is 0. The van der Waals surface area contributed by atoms with Crippen molar-refractivity contribution in [2.45, 2.75) is 31.8 Å². The van der Waals surface area contributed by atoms with Gasteiger partial charge in [0.25, 0.3) is 0 Å². The van der Waals surface area contributed by atoms with Gasteiger partial charge in [0.1, 0.15) is 0 Å². The third-order valence-corrected chi connectivity index (χ3v) is 7.48. The third kappa shape index (κ3) is 1.92. The Kier molecular flexibility index (Phi) is 3.20. The fraction of sp³-hybridized carbons (Fsp3) is 0.667. The molecule has 0 aromatic carbocycles. The Morgan fingerprint density at radius 1 is 1.31 bits per heavy atom. The minimum absolute atomic E-state index is 0.247. The highest BCUT2D eigenvalue weighted by molar-refractivity contribution is 9.13. The highest BCUT2D eigenvalue weighted by Gasteiger charge is 2.43. The molecule has 4 atom stereocenters. The van der Waals surface area contributed by atoms with Gasteiger partial charge in [0.15, 0.2) is 0 Å². The van der Waals surface area contributed by atoms with E-state index in [0.29, 0.717) is 5.92 Å². The number of hydrogen-bond acceptors (Lipinski definition) is 2. The molecular formula is C12H14Br2OS. The first kappa shape index (κ1) is 11.7. The van der Waals surface area contributed by atoms with Gasteiger partial charge in [-0.05, 0) is 74.9 Å². The van der Waals surface area contributed by atoms with Crippen molar-refractivity contribution in [3.63, 3.8) is 0 Å². The number of hydrogen-bond donors (Lipinski definition) is 1. The van der Waals surface area contributed by atoms with E-state index in [0.717, 1.165) is 25.0 Å². The Morgan fingerprint density at radius 2 is 2.12 bits per heavy atom. The number of thiophene rings is 1. The van der Waals surface area contributed by atoms with Gasteiger partial charge in [-0.15, -0.1) is 11.3 Å². The van der Waals surface area contributed by atoms with E-state index in [2.05, 4.69) is 37.9 Å². The first-order valence-electron chi connectivity index (χ1n) is 5.78. The molecule has 0 spiro atoms. The van der Waals surface area contributed by atoms with Crippen LogP contribution in [0, 0.1) is 17.8 Å². The summed E-state index contributed by atoms with van der Waals surface area (Å²) in [6.07, 6.45) is 5.07. The Labute approximate surface area is 117 Å². The molecule has 1 heterocycles. The fourth-order valence-electron chi connectivity index (χ4n) is 3.40. The normalized spacial score (nSPS) is 34.6. The summed E-state index contributed by atoms with van der Waals surface area (Å²) in [4.78, 5) is 1.11. The number of rotatable bonds is 2. The Morgan fingerprint density at radius 3 is 2.62 bits per heavy atom. The van der Waals surface area contributed by atoms with Crippen molar-refractivity contribution in [3.8, 4) is 0 Å². The van der Waals surface area contributed by atoms with Crippen LogP contribution in [0.2, 0.25) is 0 Å². The second kappa shape index (κ2) is 4.38. The summed E-state index contributed by atoms with van der Waals surface area (Å²) in [6, 6.07) is 2.06. The van der Waals surface area contributed by atoms with Crippen molar-refractivity contribution in [3.05, 3.63) is 19.2 Å². The van der Waals surface area contributed by atoms with Gasteiger partial charge in [0.05, 0.1) is 9.89 Å². The summed E-state index contributed by atoms with van der Waals surface area (Å²) in [5, 5.41) is 10.4. The summed E-state index contributed by atoms with van der Waals surface area (Å²) in [6.45, 7) is 0. The third-order valence-electron chi connectivity index (χ3n) is 4.15. The first-order chi connectivity index (χ1) is 7.65. The van der Waals surface area contributed by atoms with Crippen LogP contribution >= 0.6 is 43.2 Å². The quantitative estimate of drug-likeness (QED) is 0.802. The molecule has 0 saturated heterocycles. The minimum Gasteiger partial charge on any atom is -0.387 e. The number of fused-ring (bicyclic) bond motifs is 2. The predicted molar refractivity (Wildman–Crippen MR) is 73.6 cm³/mol. The van der Waals surface area contributed by atoms with E-state index in [1.54, 1.807) is 11.3 Å². The molecular weight excluding hydrogens is 352 g/mol. The van der Waals surface area contributed by atoms with Crippen molar-refractivity contribution in [1.29, 1.82) is 0 Å². The van der Waals surface area contributed by atoms with Crippen LogP contribution in [-0.4, -0.2) is 5.11 Å². The molecule has 2 fully saturated rings. The molecule has 2 aliphatic rings. The molecule has 1 N–H and O–H groups in total. The van der Waals surface area contributed by atoms with Crippen LogP contribution in [0.25, 0.3) is 0 Å². The van der Waals surface area contributed by atoms with E-state index >= 15 is 0 Å². The molecule has 2 bridgehead atoms. The zero-order valence-electron chi connectivity index (χ0n) is 8.83.